The Hall–Kier alpha value is -1.10. The van der Waals surface area contributed by atoms with Gasteiger partial charge in [0, 0.05) is 17.9 Å². The molecule has 0 aliphatic rings. The van der Waals surface area contributed by atoms with Gasteiger partial charge in [0.2, 0.25) is 0 Å². The van der Waals surface area contributed by atoms with E-state index >= 15 is 0 Å². The minimum atomic E-state index is -0.570. The lowest BCUT2D eigenvalue weighted by atomic mass is 10.2. The molecule has 76 valence electrons. The highest BCUT2D eigenvalue weighted by Crippen LogP contribution is 2.17. The van der Waals surface area contributed by atoms with Crippen molar-refractivity contribution in [1.82, 2.24) is 5.32 Å². The van der Waals surface area contributed by atoms with Gasteiger partial charge in [-0.25, -0.2) is 4.39 Å². The maximum absolute atomic E-state index is 12.6. The molecule has 1 aromatic rings. The van der Waals surface area contributed by atoms with E-state index in [0.717, 1.165) is 12.1 Å². The van der Waals surface area contributed by atoms with Gasteiger partial charge in [-0.2, -0.15) is 0 Å². The molecule has 0 radical (unpaired) electrons. The van der Waals surface area contributed by atoms with Crippen molar-refractivity contribution >= 4 is 21.8 Å². The SMILES string of the molecule is O=C(NCCBr)c1ccc(F)cc1O. The van der Waals surface area contributed by atoms with Gasteiger partial charge in [0.05, 0.1) is 5.56 Å². The highest BCUT2D eigenvalue weighted by atomic mass is 79.9. The van der Waals surface area contributed by atoms with Crippen LogP contribution in [-0.4, -0.2) is 22.9 Å². The van der Waals surface area contributed by atoms with E-state index in [2.05, 4.69) is 21.2 Å². The maximum Gasteiger partial charge on any atom is 0.255 e. The summed E-state index contributed by atoms with van der Waals surface area (Å²) in [6.45, 7) is 0.454. The number of carbonyl (C=O) groups excluding carboxylic acids is 1. The number of hydrogen-bond donors (Lipinski definition) is 2. The van der Waals surface area contributed by atoms with Crippen LogP contribution in [0.5, 0.6) is 5.75 Å². The number of benzene rings is 1. The zero-order valence-corrected chi connectivity index (χ0v) is 8.84. The molecule has 0 aliphatic carbocycles. The monoisotopic (exact) mass is 261 g/mol. The average molecular weight is 262 g/mol. The predicted octanol–water partition coefficient (Wildman–Crippen LogP) is 1.66. The van der Waals surface area contributed by atoms with Crippen LogP contribution in [0.4, 0.5) is 4.39 Å². The van der Waals surface area contributed by atoms with E-state index in [1.165, 1.54) is 6.07 Å². The normalized spacial score (nSPS) is 9.86. The Morgan fingerprint density at radius 2 is 2.29 bits per heavy atom. The van der Waals surface area contributed by atoms with Gasteiger partial charge in [-0.1, -0.05) is 15.9 Å². The Kier molecular flexibility index (Phi) is 3.88. The quantitative estimate of drug-likeness (QED) is 0.814. The van der Waals surface area contributed by atoms with Crippen molar-refractivity contribution in [1.29, 1.82) is 0 Å². The van der Waals surface area contributed by atoms with Crippen molar-refractivity contribution in [2.45, 2.75) is 0 Å². The van der Waals surface area contributed by atoms with E-state index in [-0.39, 0.29) is 11.3 Å². The van der Waals surface area contributed by atoms with Crippen LogP contribution in [-0.2, 0) is 0 Å². The number of carbonyl (C=O) groups is 1. The summed E-state index contributed by atoms with van der Waals surface area (Å²) in [5.74, 6) is -1.33. The fraction of sp³-hybridized carbons (Fsp3) is 0.222. The molecule has 2 N–H and O–H groups in total. The number of amides is 1. The summed E-state index contributed by atoms with van der Waals surface area (Å²) < 4.78 is 12.6. The Bertz CT molecular complexity index is 344. The Morgan fingerprint density at radius 3 is 2.86 bits per heavy atom. The van der Waals surface area contributed by atoms with Crippen LogP contribution >= 0.6 is 15.9 Å². The summed E-state index contributed by atoms with van der Waals surface area (Å²) in [5.41, 5.74) is 0.0763. The molecular weight excluding hydrogens is 253 g/mol. The van der Waals surface area contributed by atoms with Crippen molar-refractivity contribution in [3.8, 4) is 5.75 Å². The smallest absolute Gasteiger partial charge is 0.255 e. The summed E-state index contributed by atoms with van der Waals surface area (Å²) in [6.07, 6.45) is 0. The molecule has 14 heavy (non-hydrogen) atoms. The minimum absolute atomic E-state index is 0.0763. The van der Waals surface area contributed by atoms with Gasteiger partial charge in [-0.3, -0.25) is 4.79 Å². The third-order valence-corrected chi connectivity index (χ3v) is 1.98. The fourth-order valence-electron chi connectivity index (χ4n) is 0.953. The molecule has 0 unspecified atom stereocenters. The predicted molar refractivity (Wildman–Crippen MR) is 54.2 cm³/mol. The van der Waals surface area contributed by atoms with E-state index in [9.17, 15) is 14.3 Å². The zero-order valence-electron chi connectivity index (χ0n) is 7.26. The van der Waals surface area contributed by atoms with Crippen LogP contribution in [0.3, 0.4) is 0 Å². The Balaban J connectivity index is 2.80. The van der Waals surface area contributed by atoms with Crippen LogP contribution in [0.2, 0.25) is 0 Å². The molecule has 0 heterocycles. The standard InChI is InChI=1S/C9H9BrFNO2/c10-3-4-12-9(14)7-2-1-6(11)5-8(7)13/h1-2,5,13H,3-4H2,(H,12,14). The van der Waals surface area contributed by atoms with Crippen molar-refractivity contribution in [3.05, 3.63) is 29.6 Å². The molecule has 1 aromatic carbocycles. The first-order valence-electron chi connectivity index (χ1n) is 3.98. The molecule has 3 nitrogen and oxygen atoms in total. The summed E-state index contributed by atoms with van der Waals surface area (Å²) in [4.78, 5) is 11.3. The average Bonchev–Trinajstić information content (AvgIpc) is 2.14. The highest BCUT2D eigenvalue weighted by molar-refractivity contribution is 9.09. The summed E-state index contributed by atoms with van der Waals surface area (Å²) in [5, 5.41) is 12.4. The van der Waals surface area contributed by atoms with E-state index < -0.39 is 11.7 Å². The number of aromatic hydroxyl groups is 1. The van der Waals surface area contributed by atoms with Gasteiger partial charge in [0.25, 0.3) is 5.91 Å². The third-order valence-electron chi connectivity index (χ3n) is 1.58. The van der Waals surface area contributed by atoms with Crippen LogP contribution in [0.25, 0.3) is 0 Å². The Labute approximate surface area is 89.1 Å². The second-order valence-electron chi connectivity index (χ2n) is 2.61. The van der Waals surface area contributed by atoms with E-state index in [4.69, 9.17) is 0 Å². The first kappa shape index (κ1) is 11.0. The second kappa shape index (κ2) is 4.95. The van der Waals surface area contributed by atoms with Crippen LogP contribution in [0.1, 0.15) is 10.4 Å². The molecule has 0 spiro atoms. The van der Waals surface area contributed by atoms with E-state index in [1.54, 1.807) is 0 Å². The van der Waals surface area contributed by atoms with Gasteiger partial charge in [-0.15, -0.1) is 0 Å². The molecule has 0 saturated carbocycles. The maximum atomic E-state index is 12.6. The molecular formula is C9H9BrFNO2. The fourth-order valence-corrected chi connectivity index (χ4v) is 1.15. The van der Waals surface area contributed by atoms with Crippen LogP contribution in [0, 0.1) is 5.82 Å². The zero-order chi connectivity index (χ0) is 10.6. The van der Waals surface area contributed by atoms with Crippen molar-refractivity contribution in [2.24, 2.45) is 0 Å². The largest absolute Gasteiger partial charge is 0.507 e. The molecule has 0 bridgehead atoms. The van der Waals surface area contributed by atoms with Crippen molar-refractivity contribution in [2.75, 3.05) is 11.9 Å². The highest BCUT2D eigenvalue weighted by Gasteiger charge is 2.10. The van der Waals surface area contributed by atoms with Crippen LogP contribution in [0.15, 0.2) is 18.2 Å². The van der Waals surface area contributed by atoms with Gasteiger partial charge in [0.1, 0.15) is 11.6 Å². The molecule has 0 fully saturated rings. The number of phenols is 1. The number of phenolic OH excluding ortho intramolecular Hbond substituents is 1. The number of alkyl halides is 1. The number of nitrogens with one attached hydrogen (secondary N) is 1. The lowest BCUT2D eigenvalue weighted by molar-refractivity contribution is 0.0953. The van der Waals surface area contributed by atoms with Crippen LogP contribution < -0.4 is 5.32 Å². The topological polar surface area (TPSA) is 49.3 Å². The molecule has 0 aromatic heterocycles. The van der Waals surface area contributed by atoms with Gasteiger partial charge >= 0.3 is 0 Å². The van der Waals surface area contributed by atoms with Gasteiger partial charge in [0.15, 0.2) is 0 Å². The summed E-state index contributed by atoms with van der Waals surface area (Å²) in [6, 6.07) is 3.28. The lowest BCUT2D eigenvalue weighted by Crippen LogP contribution is -2.25. The lowest BCUT2D eigenvalue weighted by Gasteiger charge is -2.04. The number of rotatable bonds is 3. The molecule has 0 aliphatic heterocycles. The molecule has 5 heteroatoms. The summed E-state index contributed by atoms with van der Waals surface area (Å²) >= 11 is 3.14. The first-order chi connectivity index (χ1) is 6.65. The molecule has 0 saturated heterocycles. The van der Waals surface area contributed by atoms with Gasteiger partial charge < -0.3 is 10.4 Å². The number of hydrogen-bond acceptors (Lipinski definition) is 2. The first-order valence-corrected chi connectivity index (χ1v) is 5.10. The minimum Gasteiger partial charge on any atom is -0.507 e. The third kappa shape index (κ3) is 2.70. The molecule has 0 atom stereocenters. The van der Waals surface area contributed by atoms with E-state index in [0.29, 0.717) is 11.9 Å². The number of halogens is 2. The van der Waals surface area contributed by atoms with Crippen molar-refractivity contribution < 1.29 is 14.3 Å². The summed E-state index contributed by atoms with van der Waals surface area (Å²) in [7, 11) is 0. The molecule has 1 amide bonds. The second-order valence-corrected chi connectivity index (χ2v) is 3.40. The van der Waals surface area contributed by atoms with E-state index in [1.807, 2.05) is 0 Å². The Morgan fingerprint density at radius 1 is 1.57 bits per heavy atom. The molecule has 1 rings (SSSR count). The van der Waals surface area contributed by atoms with Crippen molar-refractivity contribution in [3.63, 3.8) is 0 Å². The van der Waals surface area contributed by atoms with Gasteiger partial charge in [-0.05, 0) is 12.1 Å².